The van der Waals surface area contributed by atoms with Gasteiger partial charge in [0, 0.05) is 45.6 Å². The molecule has 1 aromatic carbocycles. The van der Waals surface area contributed by atoms with Crippen molar-refractivity contribution in [3.8, 4) is 0 Å². The van der Waals surface area contributed by atoms with Gasteiger partial charge in [0.25, 0.3) is 0 Å². The van der Waals surface area contributed by atoms with Crippen molar-refractivity contribution in [2.24, 2.45) is 0 Å². The largest absolute Gasteiger partial charge is 0.380 e. The Hall–Kier alpha value is -3.44. The molecule has 1 unspecified atom stereocenters. The van der Waals surface area contributed by atoms with Gasteiger partial charge in [0.1, 0.15) is 17.7 Å². The minimum absolute atomic E-state index is 0.0491. The molecular weight excluding hydrogens is 479 g/mol. The van der Waals surface area contributed by atoms with E-state index in [1.807, 2.05) is 6.92 Å². The third-order valence-corrected chi connectivity index (χ3v) is 6.35. The average Bonchev–Trinajstić information content (AvgIpc) is 3.37. The predicted molar refractivity (Wildman–Crippen MR) is 129 cm³/mol. The zero-order chi connectivity index (χ0) is 25.3. The number of rotatable bonds is 5. The number of methoxy groups -OCH3 is 1. The van der Waals surface area contributed by atoms with Crippen LogP contribution < -0.4 is 15.5 Å². The lowest BCUT2D eigenvalue weighted by atomic mass is 10.1. The molecule has 2 aliphatic rings. The fourth-order valence-electron chi connectivity index (χ4n) is 4.34. The van der Waals surface area contributed by atoms with E-state index in [4.69, 9.17) is 16.3 Å². The lowest BCUT2D eigenvalue weighted by Crippen LogP contribution is -2.45. The monoisotopic (exact) mass is 504 g/mol. The lowest BCUT2D eigenvalue weighted by Gasteiger charge is -2.24. The van der Waals surface area contributed by atoms with Crippen molar-refractivity contribution in [2.75, 3.05) is 42.8 Å². The maximum Gasteiger partial charge on any atom is 0.324 e. The van der Waals surface area contributed by atoms with Crippen LogP contribution in [0.25, 0.3) is 0 Å². The highest BCUT2D eigenvalue weighted by Crippen LogP contribution is 2.29. The van der Waals surface area contributed by atoms with Crippen LogP contribution in [0.2, 0.25) is 5.02 Å². The summed E-state index contributed by atoms with van der Waals surface area (Å²) >= 11 is 5.83. The zero-order valence-electron chi connectivity index (χ0n) is 19.5. The van der Waals surface area contributed by atoms with Crippen molar-refractivity contribution in [2.45, 2.75) is 31.5 Å². The molecule has 5 amide bonds. The Morgan fingerprint density at radius 1 is 1.20 bits per heavy atom. The van der Waals surface area contributed by atoms with E-state index in [1.165, 1.54) is 35.2 Å². The van der Waals surface area contributed by atoms with Gasteiger partial charge in [0.2, 0.25) is 5.91 Å². The summed E-state index contributed by atoms with van der Waals surface area (Å²) in [7, 11) is 3.18. The Morgan fingerprint density at radius 2 is 1.97 bits per heavy atom. The molecule has 0 spiro atoms. The average molecular weight is 505 g/mol. The van der Waals surface area contributed by atoms with Crippen molar-refractivity contribution >= 4 is 46.8 Å². The molecule has 2 N–H and O–H groups in total. The number of hydrogen-bond acceptors (Lipinski definition) is 5. The molecule has 0 radical (unpaired) electrons. The molecule has 4 rings (SSSR count). The molecule has 3 atom stereocenters. The van der Waals surface area contributed by atoms with Gasteiger partial charge < -0.3 is 19.9 Å². The van der Waals surface area contributed by atoms with Crippen LogP contribution in [-0.4, -0.2) is 78.2 Å². The molecule has 2 aliphatic heterocycles. The van der Waals surface area contributed by atoms with Gasteiger partial charge in [0.05, 0.1) is 22.9 Å². The van der Waals surface area contributed by atoms with Gasteiger partial charge in [-0.2, -0.15) is 0 Å². The molecule has 0 aliphatic carbocycles. The fraction of sp³-hybridized carbons (Fsp3) is 0.391. The Kier molecular flexibility index (Phi) is 7.08. The summed E-state index contributed by atoms with van der Waals surface area (Å²) in [6.07, 6.45) is 1.28. The number of halogens is 2. The number of likely N-dealkylation sites (tertiary alicyclic amines) is 1. The SMILES string of the molecule is CO[C@@H]1C[C@H](C(=O)Nc2ccc(N3C(=O)N(C)CC3C)cc2F)N(C(=O)Nc2ccc(Cl)cn2)C1. The van der Waals surface area contributed by atoms with Crippen molar-refractivity contribution in [3.63, 3.8) is 0 Å². The van der Waals surface area contributed by atoms with Gasteiger partial charge in [-0.1, -0.05) is 11.6 Å². The van der Waals surface area contributed by atoms with Gasteiger partial charge in [-0.3, -0.25) is 15.0 Å². The number of pyridine rings is 1. The number of nitrogens with zero attached hydrogens (tertiary/aromatic N) is 4. The van der Waals surface area contributed by atoms with Crippen LogP contribution in [0.3, 0.4) is 0 Å². The van der Waals surface area contributed by atoms with Crippen molar-refractivity contribution in [3.05, 3.63) is 47.4 Å². The van der Waals surface area contributed by atoms with E-state index in [2.05, 4.69) is 15.6 Å². The lowest BCUT2D eigenvalue weighted by molar-refractivity contribution is -0.119. The summed E-state index contributed by atoms with van der Waals surface area (Å²) in [5.41, 5.74) is 0.353. The number of amides is 5. The normalized spacial score (nSPS) is 22.0. The predicted octanol–water partition coefficient (Wildman–Crippen LogP) is 3.39. The third-order valence-electron chi connectivity index (χ3n) is 6.12. The minimum Gasteiger partial charge on any atom is -0.380 e. The standard InChI is InChI=1S/C23H26ClFN6O4/c1-13-11-29(2)23(34)31(13)15-5-6-18(17(25)8-15)27-21(32)19-9-16(35-3)12-30(19)22(33)28-20-7-4-14(24)10-26-20/h4-8,10,13,16,19H,9,11-12H2,1-3H3,(H,27,32)(H,26,28,33)/t13?,16-,19-/m1/s1. The molecule has 10 nitrogen and oxygen atoms in total. The van der Waals surface area contributed by atoms with Gasteiger partial charge in [-0.15, -0.1) is 0 Å². The van der Waals surface area contributed by atoms with Crippen LogP contribution in [0.5, 0.6) is 0 Å². The second kappa shape index (κ2) is 10.0. The van der Waals surface area contributed by atoms with E-state index in [0.717, 1.165) is 0 Å². The van der Waals surface area contributed by atoms with E-state index < -0.39 is 23.8 Å². The van der Waals surface area contributed by atoms with Crippen LogP contribution in [-0.2, 0) is 9.53 Å². The second-order valence-corrected chi connectivity index (χ2v) is 9.03. The maximum atomic E-state index is 14.9. The summed E-state index contributed by atoms with van der Waals surface area (Å²) in [5, 5.41) is 5.62. The number of benzene rings is 1. The van der Waals surface area contributed by atoms with E-state index in [0.29, 0.717) is 17.3 Å². The molecule has 2 aromatic rings. The number of ether oxygens (including phenoxy) is 1. The summed E-state index contributed by atoms with van der Waals surface area (Å²) in [6.45, 7) is 2.59. The third kappa shape index (κ3) is 5.15. The Morgan fingerprint density at radius 3 is 2.57 bits per heavy atom. The number of aromatic nitrogens is 1. The molecule has 2 fully saturated rings. The summed E-state index contributed by atoms with van der Waals surface area (Å²) in [4.78, 5) is 46.7. The van der Waals surface area contributed by atoms with Gasteiger partial charge in [0.15, 0.2) is 0 Å². The molecule has 1 aromatic heterocycles. The molecule has 35 heavy (non-hydrogen) atoms. The smallest absolute Gasteiger partial charge is 0.324 e. The van der Waals surface area contributed by atoms with E-state index in [1.54, 1.807) is 30.1 Å². The highest BCUT2D eigenvalue weighted by Gasteiger charge is 2.40. The van der Waals surface area contributed by atoms with Crippen LogP contribution in [0, 0.1) is 5.82 Å². The van der Waals surface area contributed by atoms with E-state index in [9.17, 15) is 18.8 Å². The first-order valence-corrected chi connectivity index (χ1v) is 11.4. The topological polar surface area (TPSA) is 107 Å². The molecule has 2 saturated heterocycles. The van der Waals surface area contributed by atoms with Crippen LogP contribution in [0.15, 0.2) is 36.5 Å². The first-order valence-electron chi connectivity index (χ1n) is 11.0. The van der Waals surface area contributed by atoms with Crippen LogP contribution >= 0.6 is 11.6 Å². The number of carbonyl (C=O) groups is 3. The van der Waals surface area contributed by atoms with E-state index in [-0.39, 0.29) is 42.6 Å². The number of urea groups is 2. The first-order chi connectivity index (χ1) is 16.7. The molecular formula is C23H26ClFN6O4. The van der Waals surface area contributed by atoms with Crippen molar-refractivity contribution in [1.82, 2.24) is 14.8 Å². The first kappa shape index (κ1) is 24.7. The molecule has 186 valence electrons. The van der Waals surface area contributed by atoms with Crippen LogP contribution in [0.4, 0.5) is 31.2 Å². The molecule has 0 saturated carbocycles. The zero-order valence-corrected chi connectivity index (χ0v) is 20.3. The number of anilines is 3. The minimum atomic E-state index is -0.889. The number of carbonyl (C=O) groups excluding carboxylic acids is 3. The molecule has 0 bridgehead atoms. The quantitative estimate of drug-likeness (QED) is 0.649. The van der Waals surface area contributed by atoms with E-state index >= 15 is 0 Å². The Labute approximate surface area is 207 Å². The number of hydrogen-bond donors (Lipinski definition) is 2. The van der Waals surface area contributed by atoms with Gasteiger partial charge in [-0.25, -0.2) is 19.0 Å². The highest BCUT2D eigenvalue weighted by molar-refractivity contribution is 6.30. The molecule has 3 heterocycles. The van der Waals surface area contributed by atoms with Gasteiger partial charge in [-0.05, 0) is 37.3 Å². The number of likely N-dealkylation sites (N-methyl/N-ethyl adjacent to an activating group) is 1. The van der Waals surface area contributed by atoms with Crippen LogP contribution in [0.1, 0.15) is 13.3 Å². The summed E-state index contributed by atoms with van der Waals surface area (Å²) < 4.78 is 20.3. The number of nitrogens with one attached hydrogen (secondary N) is 2. The summed E-state index contributed by atoms with van der Waals surface area (Å²) in [6, 6.07) is 5.56. The fourth-order valence-corrected chi connectivity index (χ4v) is 4.45. The Bertz CT molecular complexity index is 1130. The maximum absolute atomic E-state index is 14.9. The summed E-state index contributed by atoms with van der Waals surface area (Å²) in [5.74, 6) is -0.966. The highest BCUT2D eigenvalue weighted by atomic mass is 35.5. The van der Waals surface area contributed by atoms with Crippen molar-refractivity contribution < 1.29 is 23.5 Å². The van der Waals surface area contributed by atoms with Crippen molar-refractivity contribution in [1.29, 1.82) is 0 Å². The second-order valence-electron chi connectivity index (χ2n) is 8.59. The Balaban J connectivity index is 1.47. The molecule has 12 heteroatoms. The van der Waals surface area contributed by atoms with Gasteiger partial charge >= 0.3 is 12.1 Å².